The van der Waals surface area contributed by atoms with Gasteiger partial charge in [-0.3, -0.25) is 9.59 Å². The number of carbonyl (C=O) groups excluding carboxylic acids is 2. The monoisotopic (exact) mass is 331 g/mol. The minimum absolute atomic E-state index is 0.00712. The molecule has 126 valence electrons. The van der Waals surface area contributed by atoms with E-state index in [1.54, 1.807) is 30.3 Å². The summed E-state index contributed by atoms with van der Waals surface area (Å²) in [5.74, 6) is 0.327. The van der Waals surface area contributed by atoms with Gasteiger partial charge in [0.1, 0.15) is 23.9 Å². The van der Waals surface area contributed by atoms with Crippen molar-refractivity contribution in [3.8, 4) is 11.3 Å². The molecule has 1 fully saturated rings. The minimum atomic E-state index is -0.351. The molecule has 2 heterocycles. The van der Waals surface area contributed by atoms with E-state index in [0.29, 0.717) is 36.3 Å². The summed E-state index contributed by atoms with van der Waals surface area (Å²) in [6.07, 6.45) is 1.72. The van der Waals surface area contributed by atoms with Crippen molar-refractivity contribution in [2.24, 2.45) is 0 Å². The van der Waals surface area contributed by atoms with E-state index in [1.807, 2.05) is 0 Å². The number of hydrogen-bond acceptors (Lipinski definition) is 4. The number of ether oxygens (including phenoxy) is 1. The van der Waals surface area contributed by atoms with Crippen molar-refractivity contribution in [3.63, 3.8) is 0 Å². The number of hydrogen-bond donors (Lipinski definition) is 1. The predicted octanol–water partition coefficient (Wildman–Crippen LogP) is 2.84. The number of furan rings is 1. The minimum Gasteiger partial charge on any atom is -0.463 e. The first kappa shape index (κ1) is 16.2. The molecule has 3 rings (SSSR count). The van der Waals surface area contributed by atoms with E-state index in [4.69, 9.17) is 9.15 Å². The zero-order chi connectivity index (χ0) is 16.9. The standard InChI is InChI=1S/C18H18FNO4/c19-15-4-2-1-3-14(15)16-8-6-13(24-16)7-10-18(22)23-11-12-5-9-17(21)20-12/h1-4,6,8,12H,5,7,9-11H2,(H,20,21). The molecule has 0 radical (unpaired) electrons. The van der Waals surface area contributed by atoms with Crippen LogP contribution in [0.5, 0.6) is 0 Å². The van der Waals surface area contributed by atoms with Crippen LogP contribution in [-0.4, -0.2) is 24.5 Å². The third-order valence-electron chi connectivity index (χ3n) is 3.91. The number of nitrogens with one attached hydrogen (secondary N) is 1. The van der Waals surface area contributed by atoms with Crippen LogP contribution >= 0.6 is 0 Å². The zero-order valence-corrected chi connectivity index (χ0v) is 13.1. The van der Waals surface area contributed by atoms with E-state index in [2.05, 4.69) is 5.32 Å². The van der Waals surface area contributed by atoms with Gasteiger partial charge in [-0.05, 0) is 30.7 Å². The van der Waals surface area contributed by atoms with Gasteiger partial charge in [0.05, 0.1) is 18.0 Å². The average Bonchev–Trinajstić information content (AvgIpc) is 3.20. The first-order valence-electron chi connectivity index (χ1n) is 7.90. The van der Waals surface area contributed by atoms with Crippen molar-refractivity contribution in [3.05, 3.63) is 48.0 Å². The van der Waals surface area contributed by atoms with Gasteiger partial charge in [-0.15, -0.1) is 0 Å². The number of amides is 1. The third-order valence-corrected chi connectivity index (χ3v) is 3.91. The fourth-order valence-corrected chi connectivity index (χ4v) is 2.61. The second kappa shape index (κ2) is 7.29. The molecule has 1 unspecified atom stereocenters. The zero-order valence-electron chi connectivity index (χ0n) is 13.1. The number of esters is 1. The van der Waals surface area contributed by atoms with E-state index in [1.165, 1.54) is 6.07 Å². The van der Waals surface area contributed by atoms with Crippen molar-refractivity contribution >= 4 is 11.9 Å². The van der Waals surface area contributed by atoms with Gasteiger partial charge >= 0.3 is 5.97 Å². The van der Waals surface area contributed by atoms with Gasteiger partial charge < -0.3 is 14.5 Å². The molecule has 0 bridgehead atoms. The molecule has 1 saturated heterocycles. The largest absolute Gasteiger partial charge is 0.463 e. The summed E-state index contributed by atoms with van der Waals surface area (Å²) in [5.41, 5.74) is 0.392. The van der Waals surface area contributed by atoms with Crippen molar-refractivity contribution in [2.75, 3.05) is 6.61 Å². The second-order valence-electron chi connectivity index (χ2n) is 5.73. The van der Waals surface area contributed by atoms with E-state index in [0.717, 1.165) is 0 Å². The molecule has 24 heavy (non-hydrogen) atoms. The first-order chi connectivity index (χ1) is 11.6. The van der Waals surface area contributed by atoms with Gasteiger partial charge in [0, 0.05) is 12.8 Å². The lowest BCUT2D eigenvalue weighted by molar-refractivity contribution is -0.144. The summed E-state index contributed by atoms with van der Waals surface area (Å²) in [5, 5.41) is 2.74. The lowest BCUT2D eigenvalue weighted by Gasteiger charge is -2.10. The van der Waals surface area contributed by atoms with Crippen LogP contribution in [0.1, 0.15) is 25.0 Å². The van der Waals surface area contributed by atoms with Crippen LogP contribution < -0.4 is 5.32 Å². The van der Waals surface area contributed by atoms with E-state index in [-0.39, 0.29) is 36.8 Å². The van der Waals surface area contributed by atoms with Crippen molar-refractivity contribution in [1.82, 2.24) is 5.32 Å². The Bertz CT molecular complexity index is 740. The van der Waals surface area contributed by atoms with Crippen LogP contribution in [0, 0.1) is 5.82 Å². The number of aryl methyl sites for hydroxylation is 1. The van der Waals surface area contributed by atoms with E-state index in [9.17, 15) is 14.0 Å². The Hall–Kier alpha value is -2.63. The smallest absolute Gasteiger partial charge is 0.306 e. The quantitative estimate of drug-likeness (QED) is 0.827. The third kappa shape index (κ3) is 4.01. The average molecular weight is 331 g/mol. The second-order valence-corrected chi connectivity index (χ2v) is 5.73. The molecule has 1 aliphatic rings. The maximum absolute atomic E-state index is 13.7. The number of rotatable bonds is 6. The SMILES string of the molecule is O=C1CCC(COC(=O)CCc2ccc(-c3ccccc3F)o2)N1. The van der Waals surface area contributed by atoms with Gasteiger partial charge in [-0.25, -0.2) is 4.39 Å². The van der Waals surface area contributed by atoms with Gasteiger partial charge in [-0.1, -0.05) is 12.1 Å². The summed E-state index contributed by atoms with van der Waals surface area (Å²) in [4.78, 5) is 22.8. The number of carbonyl (C=O) groups is 2. The summed E-state index contributed by atoms with van der Waals surface area (Å²) < 4.78 is 24.4. The van der Waals surface area contributed by atoms with E-state index < -0.39 is 0 Å². The summed E-state index contributed by atoms with van der Waals surface area (Å²) >= 11 is 0. The van der Waals surface area contributed by atoms with Crippen LogP contribution in [0.15, 0.2) is 40.8 Å². The van der Waals surface area contributed by atoms with Crippen LogP contribution in [-0.2, 0) is 20.7 Å². The molecule has 5 nitrogen and oxygen atoms in total. The van der Waals surface area contributed by atoms with Crippen molar-refractivity contribution < 1.29 is 23.1 Å². The number of halogens is 1. The molecule has 1 atom stereocenters. The Morgan fingerprint density at radius 2 is 2.12 bits per heavy atom. The highest BCUT2D eigenvalue weighted by Gasteiger charge is 2.22. The summed E-state index contributed by atoms with van der Waals surface area (Å²) in [6, 6.07) is 9.70. The van der Waals surface area contributed by atoms with Crippen molar-refractivity contribution in [2.45, 2.75) is 31.7 Å². The Balaban J connectivity index is 1.48. The van der Waals surface area contributed by atoms with Gasteiger partial charge in [0.2, 0.25) is 5.91 Å². The lowest BCUT2D eigenvalue weighted by atomic mass is 10.1. The summed E-state index contributed by atoms with van der Waals surface area (Å²) in [7, 11) is 0. The molecule has 1 amide bonds. The molecule has 2 aromatic rings. The highest BCUT2D eigenvalue weighted by Crippen LogP contribution is 2.25. The molecular formula is C18H18FNO4. The van der Waals surface area contributed by atoms with Crippen molar-refractivity contribution in [1.29, 1.82) is 0 Å². The normalized spacial score (nSPS) is 16.9. The van der Waals surface area contributed by atoms with Gasteiger partial charge in [0.25, 0.3) is 0 Å². The molecule has 0 spiro atoms. The van der Waals surface area contributed by atoms with Gasteiger partial charge in [0.15, 0.2) is 0 Å². The highest BCUT2D eigenvalue weighted by atomic mass is 19.1. The molecule has 0 saturated carbocycles. The molecule has 1 aromatic heterocycles. The molecule has 6 heteroatoms. The van der Waals surface area contributed by atoms with Crippen LogP contribution in [0.25, 0.3) is 11.3 Å². The Morgan fingerprint density at radius 1 is 1.29 bits per heavy atom. The summed E-state index contributed by atoms with van der Waals surface area (Å²) in [6.45, 7) is 0.198. The predicted molar refractivity (Wildman–Crippen MR) is 84.5 cm³/mol. The first-order valence-corrected chi connectivity index (χ1v) is 7.90. The molecule has 1 N–H and O–H groups in total. The lowest BCUT2D eigenvalue weighted by Crippen LogP contribution is -2.30. The van der Waals surface area contributed by atoms with Crippen LogP contribution in [0.4, 0.5) is 4.39 Å². The molecule has 1 aliphatic heterocycles. The Labute approximate surface area is 138 Å². The number of benzene rings is 1. The molecular weight excluding hydrogens is 313 g/mol. The fourth-order valence-electron chi connectivity index (χ4n) is 2.61. The van der Waals surface area contributed by atoms with Gasteiger partial charge in [-0.2, -0.15) is 0 Å². The van der Waals surface area contributed by atoms with Crippen LogP contribution in [0.2, 0.25) is 0 Å². The topological polar surface area (TPSA) is 68.5 Å². The maximum atomic E-state index is 13.7. The van der Waals surface area contributed by atoms with Crippen LogP contribution in [0.3, 0.4) is 0 Å². The maximum Gasteiger partial charge on any atom is 0.306 e. The van der Waals surface area contributed by atoms with E-state index >= 15 is 0 Å². The molecule has 0 aliphatic carbocycles. The Morgan fingerprint density at radius 3 is 2.88 bits per heavy atom. The fraction of sp³-hybridized carbons (Fsp3) is 0.333. The molecule has 1 aromatic carbocycles. The Kier molecular flexibility index (Phi) is 4.93. The highest BCUT2D eigenvalue weighted by molar-refractivity contribution is 5.78.